The second kappa shape index (κ2) is 7.28. The molecule has 3 nitrogen and oxygen atoms in total. The number of carbonyl (C=O) groups excluding carboxylic acids is 1. The number of rotatable bonds is 7. The SMILES string of the molecule is CCCCC1NC(C(C)C)N(C(C)CC(C)C)C1=O. The van der Waals surface area contributed by atoms with Gasteiger partial charge in [0.05, 0.1) is 12.2 Å². The van der Waals surface area contributed by atoms with Crippen LogP contribution >= 0.6 is 0 Å². The van der Waals surface area contributed by atoms with Crippen molar-refractivity contribution in [1.29, 1.82) is 0 Å². The molecule has 0 aromatic carbocycles. The van der Waals surface area contributed by atoms with Crippen LogP contribution in [-0.4, -0.2) is 29.1 Å². The first-order valence-corrected chi connectivity index (χ1v) is 7.96. The van der Waals surface area contributed by atoms with E-state index in [1.807, 2.05) is 0 Å². The number of nitrogens with zero attached hydrogens (tertiary/aromatic N) is 1. The second-order valence-electron chi connectivity index (χ2n) is 6.77. The number of nitrogens with one attached hydrogen (secondary N) is 1. The summed E-state index contributed by atoms with van der Waals surface area (Å²) in [4.78, 5) is 14.7. The van der Waals surface area contributed by atoms with Crippen molar-refractivity contribution in [2.24, 2.45) is 11.8 Å². The van der Waals surface area contributed by atoms with Gasteiger partial charge in [0.2, 0.25) is 5.91 Å². The molecule has 0 radical (unpaired) electrons. The molecule has 1 N–H and O–H groups in total. The molecule has 1 fully saturated rings. The Morgan fingerprint density at radius 3 is 2.32 bits per heavy atom. The number of hydrogen-bond acceptors (Lipinski definition) is 2. The van der Waals surface area contributed by atoms with Gasteiger partial charge in [0.25, 0.3) is 0 Å². The van der Waals surface area contributed by atoms with Crippen LogP contribution in [0, 0.1) is 11.8 Å². The number of hydrogen-bond donors (Lipinski definition) is 1. The summed E-state index contributed by atoms with van der Waals surface area (Å²) in [5.41, 5.74) is 0. The third-order valence-corrected chi connectivity index (χ3v) is 3.99. The van der Waals surface area contributed by atoms with Crippen molar-refractivity contribution >= 4 is 5.91 Å². The molecule has 1 aliphatic rings. The molecule has 3 unspecified atom stereocenters. The van der Waals surface area contributed by atoms with E-state index in [-0.39, 0.29) is 12.2 Å². The van der Waals surface area contributed by atoms with E-state index in [9.17, 15) is 4.79 Å². The van der Waals surface area contributed by atoms with Gasteiger partial charge in [-0.3, -0.25) is 10.1 Å². The zero-order valence-corrected chi connectivity index (χ0v) is 13.6. The standard InChI is InChI=1S/C16H32N2O/c1-7-8-9-14-16(19)18(13(6)10-11(2)3)15(17-14)12(4)5/h11-15,17H,7-10H2,1-6H3. The van der Waals surface area contributed by atoms with Crippen LogP contribution in [0.25, 0.3) is 0 Å². The zero-order valence-electron chi connectivity index (χ0n) is 13.6. The van der Waals surface area contributed by atoms with Crippen LogP contribution in [0.2, 0.25) is 0 Å². The van der Waals surface area contributed by atoms with E-state index >= 15 is 0 Å². The molecule has 0 saturated carbocycles. The summed E-state index contributed by atoms with van der Waals surface area (Å²) < 4.78 is 0. The molecule has 19 heavy (non-hydrogen) atoms. The molecule has 1 aliphatic heterocycles. The average molecular weight is 268 g/mol. The molecule has 1 saturated heterocycles. The highest BCUT2D eigenvalue weighted by Crippen LogP contribution is 2.25. The van der Waals surface area contributed by atoms with Crippen molar-refractivity contribution < 1.29 is 4.79 Å². The van der Waals surface area contributed by atoms with Crippen molar-refractivity contribution in [3.05, 3.63) is 0 Å². The first-order chi connectivity index (χ1) is 8.88. The highest BCUT2D eigenvalue weighted by Gasteiger charge is 2.41. The van der Waals surface area contributed by atoms with Crippen molar-refractivity contribution in [3.63, 3.8) is 0 Å². The fourth-order valence-corrected chi connectivity index (χ4v) is 3.09. The Morgan fingerprint density at radius 2 is 1.84 bits per heavy atom. The van der Waals surface area contributed by atoms with E-state index < -0.39 is 0 Å². The van der Waals surface area contributed by atoms with Crippen molar-refractivity contribution in [1.82, 2.24) is 10.2 Å². The molecule has 1 heterocycles. The Bertz CT molecular complexity index is 288. The van der Waals surface area contributed by atoms with Gasteiger partial charge in [-0.1, -0.05) is 47.5 Å². The molecule has 3 atom stereocenters. The van der Waals surface area contributed by atoms with Crippen LogP contribution in [-0.2, 0) is 4.79 Å². The van der Waals surface area contributed by atoms with Gasteiger partial charge in [-0.05, 0) is 31.6 Å². The quantitative estimate of drug-likeness (QED) is 0.767. The van der Waals surface area contributed by atoms with Gasteiger partial charge < -0.3 is 4.90 Å². The van der Waals surface area contributed by atoms with Crippen LogP contribution < -0.4 is 5.32 Å². The third-order valence-electron chi connectivity index (χ3n) is 3.99. The lowest BCUT2D eigenvalue weighted by molar-refractivity contribution is -0.133. The first-order valence-electron chi connectivity index (χ1n) is 7.96. The summed E-state index contributed by atoms with van der Waals surface area (Å²) in [5.74, 6) is 1.41. The fourth-order valence-electron chi connectivity index (χ4n) is 3.09. The second-order valence-corrected chi connectivity index (χ2v) is 6.77. The van der Waals surface area contributed by atoms with Crippen LogP contribution in [0.15, 0.2) is 0 Å². The van der Waals surface area contributed by atoms with E-state index in [0.717, 1.165) is 25.7 Å². The summed E-state index contributed by atoms with van der Waals surface area (Å²) >= 11 is 0. The smallest absolute Gasteiger partial charge is 0.241 e. The molecule has 0 aliphatic carbocycles. The largest absolute Gasteiger partial charge is 0.323 e. The van der Waals surface area contributed by atoms with Crippen LogP contribution in [0.3, 0.4) is 0 Å². The van der Waals surface area contributed by atoms with E-state index in [1.54, 1.807) is 0 Å². The number of amides is 1. The normalized spacial score (nSPS) is 25.7. The topological polar surface area (TPSA) is 32.3 Å². The monoisotopic (exact) mass is 268 g/mol. The lowest BCUT2D eigenvalue weighted by Crippen LogP contribution is -2.46. The summed E-state index contributed by atoms with van der Waals surface area (Å²) in [6, 6.07) is 0.376. The Hall–Kier alpha value is -0.570. The van der Waals surface area contributed by atoms with E-state index in [1.165, 1.54) is 0 Å². The average Bonchev–Trinajstić information content (AvgIpc) is 2.63. The van der Waals surface area contributed by atoms with Crippen molar-refractivity contribution in [3.8, 4) is 0 Å². The highest BCUT2D eigenvalue weighted by atomic mass is 16.2. The minimum atomic E-state index is 0.0435. The molecule has 0 aromatic heterocycles. The number of unbranched alkanes of at least 4 members (excludes halogenated alkanes) is 1. The Morgan fingerprint density at radius 1 is 1.21 bits per heavy atom. The Labute approximate surface area is 119 Å². The molecule has 0 bridgehead atoms. The van der Waals surface area contributed by atoms with Crippen molar-refractivity contribution in [2.75, 3.05) is 0 Å². The van der Waals surface area contributed by atoms with Gasteiger partial charge in [-0.2, -0.15) is 0 Å². The van der Waals surface area contributed by atoms with Gasteiger partial charge >= 0.3 is 0 Å². The van der Waals surface area contributed by atoms with Crippen molar-refractivity contribution in [2.45, 2.75) is 85.5 Å². The Balaban J connectivity index is 2.76. The maximum atomic E-state index is 12.6. The van der Waals surface area contributed by atoms with Crippen LogP contribution in [0.4, 0.5) is 0 Å². The van der Waals surface area contributed by atoms with Crippen LogP contribution in [0.1, 0.15) is 67.2 Å². The lowest BCUT2D eigenvalue weighted by Gasteiger charge is -2.33. The molecular formula is C16H32N2O. The minimum absolute atomic E-state index is 0.0435. The lowest BCUT2D eigenvalue weighted by atomic mass is 10.0. The van der Waals surface area contributed by atoms with Gasteiger partial charge in [0.15, 0.2) is 0 Å². The molecule has 0 aromatic rings. The summed E-state index contributed by atoms with van der Waals surface area (Å²) in [5, 5.41) is 3.56. The van der Waals surface area contributed by atoms with Gasteiger partial charge in [0, 0.05) is 6.04 Å². The molecule has 1 rings (SSSR count). The van der Waals surface area contributed by atoms with Gasteiger partial charge in [-0.15, -0.1) is 0 Å². The van der Waals surface area contributed by atoms with Gasteiger partial charge in [-0.25, -0.2) is 0 Å². The van der Waals surface area contributed by atoms with E-state index in [2.05, 4.69) is 51.8 Å². The minimum Gasteiger partial charge on any atom is -0.323 e. The van der Waals surface area contributed by atoms with E-state index in [4.69, 9.17) is 0 Å². The van der Waals surface area contributed by atoms with Crippen LogP contribution in [0.5, 0.6) is 0 Å². The fraction of sp³-hybridized carbons (Fsp3) is 0.938. The molecule has 1 amide bonds. The Kier molecular flexibility index (Phi) is 6.31. The molecule has 112 valence electrons. The highest BCUT2D eigenvalue weighted by molar-refractivity contribution is 5.84. The van der Waals surface area contributed by atoms with Gasteiger partial charge in [0.1, 0.15) is 0 Å². The first kappa shape index (κ1) is 16.5. The summed E-state index contributed by atoms with van der Waals surface area (Å²) in [6.45, 7) is 13.2. The third kappa shape index (κ3) is 4.20. The van der Waals surface area contributed by atoms with E-state index in [0.29, 0.717) is 23.8 Å². The summed E-state index contributed by atoms with van der Waals surface area (Å²) in [6.07, 6.45) is 4.55. The zero-order chi connectivity index (χ0) is 14.6. The molecular weight excluding hydrogens is 236 g/mol. The number of carbonyl (C=O) groups is 1. The predicted molar refractivity (Wildman–Crippen MR) is 80.8 cm³/mol. The maximum Gasteiger partial charge on any atom is 0.241 e. The maximum absolute atomic E-state index is 12.6. The molecule has 0 spiro atoms. The predicted octanol–water partition coefficient (Wildman–Crippen LogP) is 3.39. The summed E-state index contributed by atoms with van der Waals surface area (Å²) in [7, 11) is 0. The molecule has 3 heteroatoms.